The third-order valence-electron chi connectivity index (χ3n) is 6.42. The second-order valence-corrected chi connectivity index (χ2v) is 8.90. The van der Waals surface area contributed by atoms with Crippen molar-refractivity contribution in [3.05, 3.63) is 128 Å². The average molecular weight is 479 g/mol. The number of benzene rings is 3. The van der Waals surface area contributed by atoms with Gasteiger partial charge in [-0.25, -0.2) is 9.48 Å². The quantitative estimate of drug-likeness (QED) is 0.317. The first-order chi connectivity index (χ1) is 17.4. The van der Waals surface area contributed by atoms with Crippen LogP contribution in [0.5, 0.6) is 0 Å². The van der Waals surface area contributed by atoms with Gasteiger partial charge in [-0.1, -0.05) is 72.8 Å². The SMILES string of the molecule is Cc1ccccc1Cc1[nH]n(-c2ccccc2C)c(=O)c1/C=C1\NC(=O)N(Cc2ccccc2)C1=O. The summed E-state index contributed by atoms with van der Waals surface area (Å²) in [6.45, 7) is 4.11. The molecule has 0 bridgehead atoms. The molecular weight excluding hydrogens is 452 g/mol. The van der Waals surface area contributed by atoms with Gasteiger partial charge in [-0.2, -0.15) is 0 Å². The van der Waals surface area contributed by atoms with Crippen LogP contribution in [0.1, 0.15) is 33.5 Å². The third kappa shape index (κ3) is 4.38. The van der Waals surface area contributed by atoms with Gasteiger partial charge in [0.25, 0.3) is 11.5 Å². The van der Waals surface area contributed by atoms with Crippen molar-refractivity contribution in [2.24, 2.45) is 0 Å². The fourth-order valence-electron chi connectivity index (χ4n) is 4.39. The molecule has 1 fully saturated rings. The molecule has 2 N–H and O–H groups in total. The topological polar surface area (TPSA) is 87.2 Å². The molecular formula is C29H26N4O3. The molecule has 36 heavy (non-hydrogen) atoms. The summed E-state index contributed by atoms with van der Waals surface area (Å²) >= 11 is 0. The molecule has 1 aromatic heterocycles. The lowest BCUT2D eigenvalue weighted by Gasteiger charge is -2.11. The molecule has 0 saturated carbocycles. The van der Waals surface area contributed by atoms with Gasteiger partial charge in [0, 0.05) is 12.1 Å². The number of urea groups is 1. The molecule has 1 saturated heterocycles. The maximum atomic E-state index is 13.6. The van der Waals surface area contributed by atoms with Crippen molar-refractivity contribution in [2.45, 2.75) is 26.8 Å². The predicted molar refractivity (Wildman–Crippen MR) is 139 cm³/mol. The van der Waals surface area contributed by atoms with Gasteiger partial charge in [0.15, 0.2) is 0 Å². The van der Waals surface area contributed by atoms with E-state index in [0.717, 1.165) is 32.8 Å². The number of carbonyl (C=O) groups is 2. The van der Waals surface area contributed by atoms with Gasteiger partial charge in [0.2, 0.25) is 0 Å². The van der Waals surface area contributed by atoms with Gasteiger partial charge in [-0.15, -0.1) is 0 Å². The molecule has 7 heteroatoms. The zero-order chi connectivity index (χ0) is 25.2. The number of aryl methyl sites for hydroxylation is 2. The van der Waals surface area contributed by atoms with Crippen LogP contribution in [0, 0.1) is 13.8 Å². The number of hydrogen-bond donors (Lipinski definition) is 2. The van der Waals surface area contributed by atoms with Gasteiger partial charge < -0.3 is 5.32 Å². The highest BCUT2D eigenvalue weighted by Crippen LogP contribution is 2.21. The summed E-state index contributed by atoms with van der Waals surface area (Å²) in [5, 5.41) is 5.91. The van der Waals surface area contributed by atoms with Crippen LogP contribution in [0.2, 0.25) is 0 Å². The van der Waals surface area contributed by atoms with Gasteiger partial charge >= 0.3 is 6.03 Å². The average Bonchev–Trinajstić information content (AvgIpc) is 3.32. The van der Waals surface area contributed by atoms with Crippen LogP contribution in [0.25, 0.3) is 11.8 Å². The van der Waals surface area contributed by atoms with E-state index in [0.29, 0.717) is 17.7 Å². The number of aromatic amines is 1. The number of carbonyl (C=O) groups excluding carboxylic acids is 2. The molecule has 4 aromatic rings. The molecule has 1 aliphatic heterocycles. The molecule has 1 aliphatic rings. The molecule has 7 nitrogen and oxygen atoms in total. The van der Waals surface area contributed by atoms with Crippen LogP contribution in [0.4, 0.5) is 4.79 Å². The molecule has 3 aromatic carbocycles. The number of nitrogens with one attached hydrogen (secondary N) is 2. The van der Waals surface area contributed by atoms with Crippen molar-refractivity contribution >= 4 is 18.0 Å². The zero-order valence-electron chi connectivity index (χ0n) is 20.1. The normalized spacial score (nSPS) is 14.5. The Labute approximate surface area is 208 Å². The van der Waals surface area contributed by atoms with E-state index in [1.807, 2.05) is 92.7 Å². The number of imide groups is 1. The number of para-hydroxylation sites is 1. The van der Waals surface area contributed by atoms with Gasteiger partial charge in [-0.3, -0.25) is 19.6 Å². The first-order valence-corrected chi connectivity index (χ1v) is 11.8. The van der Waals surface area contributed by atoms with E-state index in [9.17, 15) is 14.4 Å². The van der Waals surface area contributed by atoms with Gasteiger partial charge in [-0.05, 0) is 48.2 Å². The summed E-state index contributed by atoms with van der Waals surface area (Å²) in [5.41, 5.74) is 5.44. The van der Waals surface area contributed by atoms with Crippen LogP contribution in [0.3, 0.4) is 0 Å². The van der Waals surface area contributed by atoms with Crippen molar-refractivity contribution < 1.29 is 9.59 Å². The van der Waals surface area contributed by atoms with E-state index in [1.54, 1.807) is 0 Å². The maximum Gasteiger partial charge on any atom is 0.329 e. The molecule has 0 unspecified atom stereocenters. The van der Waals surface area contributed by atoms with Crippen molar-refractivity contribution in [3.8, 4) is 5.69 Å². The minimum Gasteiger partial charge on any atom is -0.303 e. The highest BCUT2D eigenvalue weighted by Gasteiger charge is 2.34. The third-order valence-corrected chi connectivity index (χ3v) is 6.42. The van der Waals surface area contributed by atoms with Gasteiger partial charge in [0.05, 0.1) is 17.8 Å². The molecule has 0 atom stereocenters. The maximum absolute atomic E-state index is 13.6. The number of amides is 3. The fourth-order valence-corrected chi connectivity index (χ4v) is 4.39. The van der Waals surface area contributed by atoms with Crippen LogP contribution in [-0.4, -0.2) is 26.6 Å². The lowest BCUT2D eigenvalue weighted by Crippen LogP contribution is -2.30. The molecule has 3 amide bonds. The zero-order valence-corrected chi connectivity index (χ0v) is 20.1. The Morgan fingerprint density at radius 3 is 2.19 bits per heavy atom. The Morgan fingerprint density at radius 1 is 0.806 bits per heavy atom. The molecule has 2 heterocycles. The highest BCUT2D eigenvalue weighted by atomic mass is 16.2. The standard InChI is InChI=1S/C29H26N4O3/c1-19-10-6-8-14-22(19)16-24-23(27(34)33(31-24)26-15-9-7-11-20(26)2)17-25-28(35)32(29(36)30-25)18-21-12-4-3-5-13-21/h3-15,17,31H,16,18H2,1-2H3,(H,30,36)/b25-17-. The van der Waals surface area contributed by atoms with Crippen LogP contribution < -0.4 is 10.9 Å². The number of aromatic nitrogens is 2. The largest absolute Gasteiger partial charge is 0.329 e. The lowest BCUT2D eigenvalue weighted by atomic mass is 10.0. The summed E-state index contributed by atoms with van der Waals surface area (Å²) in [5.74, 6) is -0.464. The minimum absolute atomic E-state index is 0.0787. The molecule has 5 rings (SSSR count). The van der Waals surface area contributed by atoms with Crippen LogP contribution in [0.15, 0.2) is 89.4 Å². The van der Waals surface area contributed by atoms with Crippen LogP contribution in [-0.2, 0) is 17.8 Å². The van der Waals surface area contributed by atoms with Crippen LogP contribution >= 0.6 is 0 Å². The first kappa shape index (κ1) is 23.1. The van der Waals surface area contributed by atoms with Crippen molar-refractivity contribution in [1.29, 1.82) is 0 Å². The number of H-pyrrole nitrogens is 1. The lowest BCUT2D eigenvalue weighted by molar-refractivity contribution is -0.123. The smallest absolute Gasteiger partial charge is 0.303 e. The highest BCUT2D eigenvalue weighted by molar-refractivity contribution is 6.13. The summed E-state index contributed by atoms with van der Waals surface area (Å²) < 4.78 is 1.50. The van der Waals surface area contributed by atoms with E-state index in [-0.39, 0.29) is 17.8 Å². The van der Waals surface area contributed by atoms with E-state index in [4.69, 9.17) is 0 Å². The minimum atomic E-state index is -0.509. The number of nitrogens with zero attached hydrogens (tertiary/aromatic N) is 2. The first-order valence-electron chi connectivity index (χ1n) is 11.8. The molecule has 0 radical (unpaired) electrons. The molecule has 180 valence electrons. The Balaban J connectivity index is 1.57. The summed E-state index contributed by atoms with van der Waals surface area (Å²) in [6.07, 6.45) is 1.96. The second-order valence-electron chi connectivity index (χ2n) is 8.90. The summed E-state index contributed by atoms with van der Waals surface area (Å²) in [7, 11) is 0. The Morgan fingerprint density at radius 2 is 1.47 bits per heavy atom. The molecule has 0 spiro atoms. The molecule has 0 aliphatic carbocycles. The van der Waals surface area contributed by atoms with Gasteiger partial charge in [0.1, 0.15) is 5.70 Å². The Hall–Kier alpha value is -4.65. The van der Waals surface area contributed by atoms with E-state index >= 15 is 0 Å². The van der Waals surface area contributed by atoms with E-state index < -0.39 is 11.9 Å². The van der Waals surface area contributed by atoms with Crippen molar-refractivity contribution in [2.75, 3.05) is 0 Å². The predicted octanol–water partition coefficient (Wildman–Crippen LogP) is 4.47. The summed E-state index contributed by atoms with van der Waals surface area (Å²) in [6, 6.07) is 24.3. The summed E-state index contributed by atoms with van der Waals surface area (Å²) in [4.78, 5) is 40.5. The Bertz CT molecular complexity index is 1550. The van der Waals surface area contributed by atoms with Crippen molar-refractivity contribution in [3.63, 3.8) is 0 Å². The Kier molecular flexibility index (Phi) is 6.12. The monoisotopic (exact) mass is 478 g/mol. The second kappa shape index (κ2) is 9.54. The van der Waals surface area contributed by atoms with Crippen molar-refractivity contribution in [1.82, 2.24) is 20.0 Å². The number of rotatable bonds is 6. The number of hydrogen-bond acceptors (Lipinski definition) is 3. The fraction of sp³-hybridized carbons (Fsp3) is 0.138. The van der Waals surface area contributed by atoms with E-state index in [1.165, 1.54) is 10.8 Å². The van der Waals surface area contributed by atoms with E-state index in [2.05, 4.69) is 10.4 Å².